The van der Waals surface area contributed by atoms with Gasteiger partial charge in [0.15, 0.2) is 0 Å². The largest absolute Gasteiger partial charge is 0.356 e. The topological polar surface area (TPSA) is 36.9 Å². The SMILES string of the molecule is Cc1c(CN2CCC[C@H](Cn3ccnc3)C2)[nH]c2c(Cl)cccc12. The van der Waals surface area contributed by atoms with Crippen molar-refractivity contribution >= 4 is 22.5 Å². The number of piperidine rings is 1. The summed E-state index contributed by atoms with van der Waals surface area (Å²) in [5, 5.41) is 2.04. The van der Waals surface area contributed by atoms with E-state index in [2.05, 4.69) is 38.6 Å². The molecule has 0 spiro atoms. The summed E-state index contributed by atoms with van der Waals surface area (Å²) in [5.74, 6) is 0.696. The summed E-state index contributed by atoms with van der Waals surface area (Å²) in [4.78, 5) is 10.3. The summed E-state index contributed by atoms with van der Waals surface area (Å²) < 4.78 is 2.20. The minimum absolute atomic E-state index is 0.696. The number of fused-ring (bicyclic) bond motifs is 1. The smallest absolute Gasteiger partial charge is 0.0946 e. The first kappa shape index (κ1) is 15.7. The van der Waals surface area contributed by atoms with Gasteiger partial charge in [0.05, 0.1) is 16.9 Å². The molecule has 4 nitrogen and oxygen atoms in total. The van der Waals surface area contributed by atoms with Crippen molar-refractivity contribution in [3.63, 3.8) is 0 Å². The number of hydrogen-bond donors (Lipinski definition) is 1. The van der Waals surface area contributed by atoms with Crippen LogP contribution in [0.25, 0.3) is 10.9 Å². The number of imidazole rings is 1. The standard InChI is InChI=1S/C19H23ClN4/c1-14-16-5-2-6-17(20)19(16)22-18(14)12-23-8-3-4-15(10-23)11-24-9-7-21-13-24/h2,5-7,9,13,15,22H,3-4,8,10-12H2,1H3/t15-/m0/s1. The number of H-pyrrole nitrogens is 1. The number of para-hydroxylation sites is 1. The van der Waals surface area contributed by atoms with Crippen LogP contribution in [0.5, 0.6) is 0 Å². The van der Waals surface area contributed by atoms with E-state index in [1.54, 1.807) is 0 Å². The zero-order valence-electron chi connectivity index (χ0n) is 14.0. The van der Waals surface area contributed by atoms with Crippen molar-refractivity contribution in [2.45, 2.75) is 32.9 Å². The minimum Gasteiger partial charge on any atom is -0.356 e. The van der Waals surface area contributed by atoms with Crippen LogP contribution >= 0.6 is 11.6 Å². The van der Waals surface area contributed by atoms with Gasteiger partial charge in [-0.15, -0.1) is 0 Å². The van der Waals surface area contributed by atoms with E-state index in [4.69, 9.17) is 11.6 Å². The molecular formula is C19H23ClN4. The molecule has 1 aliphatic heterocycles. The molecule has 1 aromatic carbocycles. The highest BCUT2D eigenvalue weighted by molar-refractivity contribution is 6.35. The van der Waals surface area contributed by atoms with Crippen molar-refractivity contribution in [1.29, 1.82) is 0 Å². The van der Waals surface area contributed by atoms with E-state index in [9.17, 15) is 0 Å². The molecular weight excluding hydrogens is 320 g/mol. The first-order chi connectivity index (χ1) is 11.7. The maximum Gasteiger partial charge on any atom is 0.0946 e. The molecule has 1 saturated heterocycles. The summed E-state index contributed by atoms with van der Waals surface area (Å²) in [6.07, 6.45) is 8.40. The Labute approximate surface area is 147 Å². The molecule has 3 heterocycles. The maximum atomic E-state index is 6.33. The van der Waals surface area contributed by atoms with Crippen molar-refractivity contribution in [3.8, 4) is 0 Å². The molecule has 1 N–H and O–H groups in total. The van der Waals surface area contributed by atoms with Gasteiger partial charge in [-0.3, -0.25) is 4.90 Å². The molecule has 0 saturated carbocycles. The summed E-state index contributed by atoms with van der Waals surface area (Å²) in [5.41, 5.74) is 3.68. The number of halogens is 1. The Morgan fingerprint density at radius 1 is 1.38 bits per heavy atom. The monoisotopic (exact) mass is 342 g/mol. The molecule has 1 aliphatic rings. The predicted octanol–water partition coefficient (Wildman–Crippen LogP) is 4.24. The molecule has 1 atom stereocenters. The van der Waals surface area contributed by atoms with Crippen molar-refractivity contribution in [2.75, 3.05) is 13.1 Å². The lowest BCUT2D eigenvalue weighted by molar-refractivity contribution is 0.154. The average Bonchev–Trinajstić information content (AvgIpc) is 3.18. The summed E-state index contributed by atoms with van der Waals surface area (Å²) in [6.45, 7) is 6.53. The molecule has 2 aromatic heterocycles. The molecule has 3 aromatic rings. The molecule has 1 fully saturated rings. The lowest BCUT2D eigenvalue weighted by Gasteiger charge is -2.32. The molecule has 0 aliphatic carbocycles. The highest BCUT2D eigenvalue weighted by atomic mass is 35.5. The van der Waals surface area contributed by atoms with Crippen LogP contribution in [0.4, 0.5) is 0 Å². The van der Waals surface area contributed by atoms with Gasteiger partial charge in [-0.2, -0.15) is 0 Å². The van der Waals surface area contributed by atoms with Crippen molar-refractivity contribution in [1.82, 2.24) is 19.4 Å². The number of likely N-dealkylation sites (tertiary alicyclic amines) is 1. The molecule has 5 heteroatoms. The third-order valence-corrected chi connectivity index (χ3v) is 5.47. The molecule has 0 unspecified atom stereocenters. The Hall–Kier alpha value is -1.78. The number of benzene rings is 1. The lowest BCUT2D eigenvalue weighted by Crippen LogP contribution is -2.36. The number of aromatic nitrogens is 3. The summed E-state index contributed by atoms with van der Waals surface area (Å²) in [7, 11) is 0. The second-order valence-corrected chi connectivity index (χ2v) is 7.30. The lowest BCUT2D eigenvalue weighted by atomic mass is 9.97. The van der Waals surface area contributed by atoms with E-state index in [1.165, 1.54) is 36.0 Å². The number of nitrogens with one attached hydrogen (secondary N) is 1. The quantitative estimate of drug-likeness (QED) is 0.770. The van der Waals surface area contributed by atoms with Crippen molar-refractivity contribution in [3.05, 3.63) is 53.2 Å². The number of aryl methyl sites for hydroxylation is 1. The van der Waals surface area contributed by atoms with Gasteiger partial charge in [0, 0.05) is 43.1 Å². The van der Waals surface area contributed by atoms with Gasteiger partial charge in [0.25, 0.3) is 0 Å². The van der Waals surface area contributed by atoms with Crippen LogP contribution in [-0.2, 0) is 13.1 Å². The minimum atomic E-state index is 0.696. The van der Waals surface area contributed by atoms with Crippen LogP contribution in [0, 0.1) is 12.8 Å². The number of aromatic amines is 1. The highest BCUT2D eigenvalue weighted by Gasteiger charge is 2.21. The van der Waals surface area contributed by atoms with Gasteiger partial charge in [-0.1, -0.05) is 23.7 Å². The molecule has 0 radical (unpaired) electrons. The first-order valence-electron chi connectivity index (χ1n) is 8.64. The molecule has 24 heavy (non-hydrogen) atoms. The average molecular weight is 343 g/mol. The zero-order valence-corrected chi connectivity index (χ0v) is 14.8. The van der Waals surface area contributed by atoms with Gasteiger partial charge in [-0.25, -0.2) is 4.98 Å². The number of rotatable bonds is 4. The molecule has 126 valence electrons. The van der Waals surface area contributed by atoms with E-state index in [1.807, 2.05) is 24.7 Å². The van der Waals surface area contributed by atoms with Crippen molar-refractivity contribution in [2.24, 2.45) is 5.92 Å². The maximum absolute atomic E-state index is 6.33. The Bertz CT molecular complexity index is 821. The fourth-order valence-electron chi connectivity index (χ4n) is 3.89. The van der Waals surface area contributed by atoms with Crippen LogP contribution in [0.1, 0.15) is 24.1 Å². The number of nitrogens with zero attached hydrogens (tertiary/aromatic N) is 3. The van der Waals surface area contributed by atoms with Crippen LogP contribution in [0.15, 0.2) is 36.9 Å². The Morgan fingerprint density at radius 3 is 3.08 bits per heavy atom. The molecule has 4 rings (SSSR count). The Morgan fingerprint density at radius 2 is 2.29 bits per heavy atom. The van der Waals surface area contributed by atoms with Crippen LogP contribution in [0.2, 0.25) is 5.02 Å². The fourth-order valence-corrected chi connectivity index (χ4v) is 4.11. The summed E-state index contributed by atoms with van der Waals surface area (Å²) >= 11 is 6.33. The third kappa shape index (κ3) is 3.08. The molecule has 0 bridgehead atoms. The first-order valence-corrected chi connectivity index (χ1v) is 9.02. The highest BCUT2D eigenvalue weighted by Crippen LogP contribution is 2.29. The van der Waals surface area contributed by atoms with Crippen molar-refractivity contribution < 1.29 is 0 Å². The normalized spacial score (nSPS) is 19.2. The van der Waals surface area contributed by atoms with Gasteiger partial charge in [0.2, 0.25) is 0 Å². The number of hydrogen-bond acceptors (Lipinski definition) is 2. The van der Waals surface area contributed by atoms with E-state index >= 15 is 0 Å². The van der Waals surface area contributed by atoms with Crippen LogP contribution in [-0.4, -0.2) is 32.5 Å². The third-order valence-electron chi connectivity index (χ3n) is 5.16. The Kier molecular flexibility index (Phi) is 4.33. The van der Waals surface area contributed by atoms with E-state index in [-0.39, 0.29) is 0 Å². The Balaban J connectivity index is 1.48. The van der Waals surface area contributed by atoms with E-state index < -0.39 is 0 Å². The molecule has 0 amide bonds. The predicted molar refractivity (Wildman–Crippen MR) is 98.3 cm³/mol. The van der Waals surface area contributed by atoms with E-state index in [0.29, 0.717) is 5.92 Å². The van der Waals surface area contributed by atoms with Crippen LogP contribution in [0.3, 0.4) is 0 Å². The van der Waals surface area contributed by atoms with Gasteiger partial charge in [-0.05, 0) is 43.9 Å². The fraction of sp³-hybridized carbons (Fsp3) is 0.421. The summed E-state index contributed by atoms with van der Waals surface area (Å²) in [6, 6.07) is 6.12. The van der Waals surface area contributed by atoms with Gasteiger partial charge in [0.1, 0.15) is 0 Å². The zero-order chi connectivity index (χ0) is 16.5. The van der Waals surface area contributed by atoms with Gasteiger partial charge >= 0.3 is 0 Å². The second-order valence-electron chi connectivity index (χ2n) is 6.89. The second kappa shape index (κ2) is 6.61. The van der Waals surface area contributed by atoms with Crippen LogP contribution < -0.4 is 0 Å². The van der Waals surface area contributed by atoms with Gasteiger partial charge < -0.3 is 9.55 Å². The van der Waals surface area contributed by atoms with E-state index in [0.717, 1.165) is 30.2 Å².